The summed E-state index contributed by atoms with van der Waals surface area (Å²) in [5, 5.41) is 8.97. The molecule has 0 atom stereocenters. The van der Waals surface area contributed by atoms with Crippen molar-refractivity contribution in [2.45, 2.75) is 20.3 Å². The van der Waals surface area contributed by atoms with E-state index in [1.165, 1.54) is 0 Å². The van der Waals surface area contributed by atoms with Crippen LogP contribution in [0.5, 0.6) is 0 Å². The van der Waals surface area contributed by atoms with E-state index in [4.69, 9.17) is 0 Å². The van der Waals surface area contributed by atoms with Crippen LogP contribution in [0.4, 0.5) is 0 Å². The highest BCUT2D eigenvalue weighted by atomic mass is 15.2. The Morgan fingerprint density at radius 2 is 1.30 bits per heavy atom. The minimum absolute atomic E-state index is 0.00568. The average Bonchev–Trinajstić information content (AvgIpc) is 2.48. The van der Waals surface area contributed by atoms with Crippen molar-refractivity contribution >= 4 is 11.4 Å². The van der Waals surface area contributed by atoms with Gasteiger partial charge in [0.1, 0.15) is 0 Å². The summed E-state index contributed by atoms with van der Waals surface area (Å²) in [6.45, 7) is 4.47. The lowest BCUT2D eigenvalue weighted by Gasteiger charge is -2.29. The van der Waals surface area contributed by atoms with E-state index in [1.807, 2.05) is 36.4 Å². The third kappa shape index (κ3) is 2.42. The molecule has 0 radical (unpaired) electrons. The van der Waals surface area contributed by atoms with E-state index < -0.39 is 0 Å². The Labute approximate surface area is 119 Å². The minimum Gasteiger partial charge on any atom is -0.155 e. The molecular weight excluding hydrogens is 244 g/mol. The van der Waals surface area contributed by atoms with Crippen molar-refractivity contribution in [3.8, 4) is 0 Å². The first-order valence-corrected chi connectivity index (χ1v) is 6.93. The van der Waals surface area contributed by atoms with Gasteiger partial charge in [-0.3, -0.25) is 0 Å². The summed E-state index contributed by atoms with van der Waals surface area (Å²) in [5.74, 6) is 0. The smallest absolute Gasteiger partial charge is 0.0762 e. The van der Waals surface area contributed by atoms with Crippen molar-refractivity contribution in [1.29, 1.82) is 0 Å². The van der Waals surface area contributed by atoms with Gasteiger partial charge >= 0.3 is 0 Å². The van der Waals surface area contributed by atoms with Crippen LogP contribution in [0.3, 0.4) is 0 Å². The highest BCUT2D eigenvalue weighted by molar-refractivity contribution is 6.11. The summed E-state index contributed by atoms with van der Waals surface area (Å²) in [4.78, 5) is 0. The van der Waals surface area contributed by atoms with E-state index in [0.717, 1.165) is 29.0 Å². The van der Waals surface area contributed by atoms with Gasteiger partial charge in [0.25, 0.3) is 0 Å². The van der Waals surface area contributed by atoms with Crippen LogP contribution >= 0.6 is 0 Å². The van der Waals surface area contributed by atoms with E-state index in [2.05, 4.69) is 48.3 Å². The summed E-state index contributed by atoms with van der Waals surface area (Å²) in [6.07, 6.45) is 0.907. The molecule has 0 aromatic heterocycles. The molecule has 20 heavy (non-hydrogen) atoms. The molecule has 0 aliphatic carbocycles. The van der Waals surface area contributed by atoms with Gasteiger partial charge in [0.05, 0.1) is 11.4 Å². The normalized spacial score (nSPS) is 17.3. The molecular formula is C18H18N2. The molecule has 2 aromatic carbocycles. The van der Waals surface area contributed by atoms with Crippen molar-refractivity contribution in [1.82, 2.24) is 0 Å². The van der Waals surface area contributed by atoms with Gasteiger partial charge in [-0.15, -0.1) is 0 Å². The fraction of sp³-hybridized carbons (Fsp3) is 0.222. The van der Waals surface area contributed by atoms with E-state index >= 15 is 0 Å². The third-order valence-electron chi connectivity index (χ3n) is 3.68. The maximum atomic E-state index is 4.51. The largest absolute Gasteiger partial charge is 0.155 e. The van der Waals surface area contributed by atoms with Crippen molar-refractivity contribution in [3.63, 3.8) is 0 Å². The van der Waals surface area contributed by atoms with Crippen molar-refractivity contribution in [2.75, 3.05) is 0 Å². The first kappa shape index (κ1) is 12.8. The number of nitrogens with zero attached hydrogens (tertiary/aromatic N) is 2. The van der Waals surface area contributed by atoms with Gasteiger partial charge in [-0.2, -0.15) is 10.2 Å². The van der Waals surface area contributed by atoms with Gasteiger partial charge < -0.3 is 0 Å². The van der Waals surface area contributed by atoms with Gasteiger partial charge in [-0.05, 0) is 11.1 Å². The lowest BCUT2D eigenvalue weighted by molar-refractivity contribution is 0.538. The lowest BCUT2D eigenvalue weighted by atomic mass is 9.77. The van der Waals surface area contributed by atoms with E-state index in [1.54, 1.807) is 0 Å². The van der Waals surface area contributed by atoms with Gasteiger partial charge in [-0.25, -0.2) is 0 Å². The maximum Gasteiger partial charge on any atom is 0.0762 e. The fourth-order valence-electron chi connectivity index (χ4n) is 2.62. The highest BCUT2D eigenvalue weighted by Crippen LogP contribution is 2.32. The molecule has 0 fully saturated rings. The first-order valence-electron chi connectivity index (χ1n) is 6.93. The predicted octanol–water partition coefficient (Wildman–Crippen LogP) is 4.31. The molecule has 0 unspecified atom stereocenters. The second-order valence-electron chi connectivity index (χ2n) is 5.79. The van der Waals surface area contributed by atoms with Crippen LogP contribution in [0.1, 0.15) is 31.4 Å². The Bertz CT molecular complexity index is 652. The molecule has 2 heteroatoms. The molecule has 1 aliphatic rings. The Morgan fingerprint density at radius 3 is 1.85 bits per heavy atom. The molecule has 0 saturated carbocycles. The molecule has 0 bridgehead atoms. The number of benzene rings is 2. The third-order valence-corrected chi connectivity index (χ3v) is 3.68. The van der Waals surface area contributed by atoms with Crippen LogP contribution in [0.2, 0.25) is 0 Å². The molecule has 1 heterocycles. The second kappa shape index (κ2) is 5.04. The summed E-state index contributed by atoms with van der Waals surface area (Å²) in [7, 11) is 0. The Balaban J connectivity index is 2.01. The maximum absolute atomic E-state index is 4.51. The lowest BCUT2D eigenvalue weighted by Crippen LogP contribution is -2.31. The van der Waals surface area contributed by atoms with Gasteiger partial charge in [0.2, 0.25) is 0 Å². The number of hydrogen-bond donors (Lipinski definition) is 0. The van der Waals surface area contributed by atoms with E-state index in [9.17, 15) is 0 Å². The molecule has 0 amide bonds. The molecule has 1 aliphatic heterocycles. The Morgan fingerprint density at radius 1 is 0.750 bits per heavy atom. The number of hydrogen-bond acceptors (Lipinski definition) is 2. The highest BCUT2D eigenvalue weighted by Gasteiger charge is 2.31. The molecule has 2 aromatic rings. The summed E-state index contributed by atoms with van der Waals surface area (Å²) >= 11 is 0. The zero-order valence-corrected chi connectivity index (χ0v) is 11.9. The molecule has 0 spiro atoms. The quantitative estimate of drug-likeness (QED) is 0.770. The van der Waals surface area contributed by atoms with Gasteiger partial charge in [0.15, 0.2) is 0 Å². The second-order valence-corrected chi connectivity index (χ2v) is 5.79. The first-order chi connectivity index (χ1) is 9.67. The topological polar surface area (TPSA) is 24.7 Å². The molecule has 100 valence electrons. The minimum atomic E-state index is -0.00568. The monoisotopic (exact) mass is 262 g/mol. The predicted molar refractivity (Wildman–Crippen MR) is 84.4 cm³/mol. The van der Waals surface area contributed by atoms with Crippen molar-refractivity contribution in [2.24, 2.45) is 15.6 Å². The SMILES string of the molecule is CC1(C)CC(c2ccccc2)=NN=C1c1ccccc1. The molecule has 2 nitrogen and oxygen atoms in total. The summed E-state index contributed by atoms with van der Waals surface area (Å²) in [6, 6.07) is 20.6. The van der Waals surface area contributed by atoms with Gasteiger partial charge in [-0.1, -0.05) is 74.5 Å². The molecule has 0 saturated heterocycles. The van der Waals surface area contributed by atoms with Crippen molar-refractivity contribution in [3.05, 3.63) is 71.8 Å². The summed E-state index contributed by atoms with van der Waals surface area (Å²) in [5.41, 5.74) is 4.45. The molecule has 3 rings (SSSR count). The number of rotatable bonds is 2. The summed E-state index contributed by atoms with van der Waals surface area (Å²) < 4.78 is 0. The van der Waals surface area contributed by atoms with Crippen LogP contribution in [0.25, 0.3) is 0 Å². The van der Waals surface area contributed by atoms with Crippen LogP contribution in [-0.4, -0.2) is 11.4 Å². The molecule has 0 N–H and O–H groups in total. The van der Waals surface area contributed by atoms with Crippen molar-refractivity contribution < 1.29 is 0 Å². The zero-order valence-electron chi connectivity index (χ0n) is 11.9. The Hall–Kier alpha value is -2.22. The van der Waals surface area contributed by atoms with Crippen LogP contribution in [-0.2, 0) is 0 Å². The van der Waals surface area contributed by atoms with E-state index in [0.29, 0.717) is 0 Å². The van der Waals surface area contributed by atoms with Gasteiger partial charge in [0, 0.05) is 11.8 Å². The van der Waals surface area contributed by atoms with E-state index in [-0.39, 0.29) is 5.41 Å². The standard InChI is InChI=1S/C18H18N2/c1-18(2)13-16(14-9-5-3-6-10-14)19-20-17(18)15-11-7-4-8-12-15/h3-12H,13H2,1-2H3. The Kier molecular flexibility index (Phi) is 3.23. The van der Waals surface area contributed by atoms with Crippen LogP contribution in [0, 0.1) is 5.41 Å². The average molecular weight is 262 g/mol. The van der Waals surface area contributed by atoms with Crippen LogP contribution in [0.15, 0.2) is 70.9 Å². The zero-order chi connectivity index (χ0) is 14.0. The fourth-order valence-corrected chi connectivity index (χ4v) is 2.62. The van der Waals surface area contributed by atoms with Crippen LogP contribution < -0.4 is 0 Å².